The molecule has 0 radical (unpaired) electrons. The molecule has 0 aromatic carbocycles. The lowest BCUT2D eigenvalue weighted by atomic mass is 10.3. The Labute approximate surface area is 106 Å². The average Bonchev–Trinajstić information content (AvgIpc) is 2.08. The molecular formula is C4H6ClF3O6S3. The van der Waals surface area contributed by atoms with Crippen molar-refractivity contribution in [3.05, 3.63) is 0 Å². The van der Waals surface area contributed by atoms with Gasteiger partial charge in [-0.25, -0.2) is 12.6 Å². The summed E-state index contributed by atoms with van der Waals surface area (Å²) >= 11 is -6.17. The molecule has 4 unspecified atom stereocenters. The van der Waals surface area contributed by atoms with Crippen molar-refractivity contribution in [1.82, 2.24) is 0 Å². The van der Waals surface area contributed by atoms with E-state index in [9.17, 15) is 25.8 Å². The van der Waals surface area contributed by atoms with Crippen LogP contribution in [0, 0.1) is 0 Å². The molecule has 0 saturated carbocycles. The van der Waals surface area contributed by atoms with Crippen LogP contribution in [0.3, 0.4) is 0 Å². The molecule has 0 heterocycles. The van der Waals surface area contributed by atoms with Crippen LogP contribution in [0.25, 0.3) is 0 Å². The number of rotatable bonds is 5. The van der Waals surface area contributed by atoms with Crippen molar-refractivity contribution in [3.63, 3.8) is 0 Å². The van der Waals surface area contributed by atoms with Crippen molar-refractivity contribution in [2.75, 3.05) is 5.88 Å². The van der Waals surface area contributed by atoms with E-state index in [1.165, 1.54) is 0 Å². The Balaban J connectivity index is 6.08. The third-order valence-corrected chi connectivity index (χ3v) is 6.44. The van der Waals surface area contributed by atoms with E-state index in [2.05, 4.69) is 0 Å². The van der Waals surface area contributed by atoms with E-state index in [0.29, 0.717) is 0 Å². The highest BCUT2D eigenvalue weighted by Gasteiger charge is 2.70. The van der Waals surface area contributed by atoms with Gasteiger partial charge in [-0.3, -0.25) is 0 Å². The molecule has 17 heavy (non-hydrogen) atoms. The van der Waals surface area contributed by atoms with E-state index in [-0.39, 0.29) is 0 Å². The van der Waals surface area contributed by atoms with E-state index in [0.717, 1.165) is 0 Å². The molecule has 3 N–H and O–H groups in total. The lowest BCUT2D eigenvalue weighted by Crippen LogP contribution is -2.62. The molecule has 6 nitrogen and oxygen atoms in total. The van der Waals surface area contributed by atoms with Crippen LogP contribution in [0.2, 0.25) is 0 Å². The summed E-state index contributed by atoms with van der Waals surface area (Å²) in [6, 6.07) is 0. The van der Waals surface area contributed by atoms with Crippen molar-refractivity contribution in [1.29, 1.82) is 0 Å². The zero-order chi connectivity index (χ0) is 14.0. The molecule has 0 spiro atoms. The molecule has 104 valence electrons. The fourth-order valence-electron chi connectivity index (χ4n) is 0.955. The third kappa shape index (κ3) is 3.05. The topological polar surface area (TPSA) is 112 Å². The van der Waals surface area contributed by atoms with Gasteiger partial charge in [0.15, 0.2) is 33.2 Å². The van der Waals surface area contributed by atoms with E-state index in [4.69, 9.17) is 25.3 Å². The second kappa shape index (κ2) is 6.04. The van der Waals surface area contributed by atoms with Crippen molar-refractivity contribution >= 4 is 44.8 Å². The van der Waals surface area contributed by atoms with Gasteiger partial charge in [0.25, 0.3) is 4.08 Å². The van der Waals surface area contributed by atoms with Crippen LogP contribution in [0.1, 0.15) is 0 Å². The Morgan fingerprint density at radius 2 is 1.41 bits per heavy atom. The van der Waals surface area contributed by atoms with E-state index < -0.39 is 54.6 Å². The molecule has 0 aromatic heterocycles. The van der Waals surface area contributed by atoms with Gasteiger partial charge in [-0.15, -0.1) is 11.6 Å². The molecule has 0 aromatic rings. The summed E-state index contributed by atoms with van der Waals surface area (Å²) in [6.07, 6.45) is -5.68. The Kier molecular flexibility index (Phi) is 6.18. The van der Waals surface area contributed by atoms with Crippen molar-refractivity contribution in [2.24, 2.45) is 0 Å². The van der Waals surface area contributed by atoms with Gasteiger partial charge >= 0.3 is 6.18 Å². The zero-order valence-electron chi connectivity index (χ0n) is 7.59. The van der Waals surface area contributed by atoms with Crippen LogP contribution in [0.4, 0.5) is 13.2 Å². The van der Waals surface area contributed by atoms with E-state index in [1.54, 1.807) is 0 Å². The molecular weight excluding hydrogens is 333 g/mol. The van der Waals surface area contributed by atoms with Crippen molar-refractivity contribution in [2.45, 2.75) is 15.5 Å². The molecule has 0 aliphatic heterocycles. The summed E-state index contributed by atoms with van der Waals surface area (Å²) in [5.41, 5.74) is 0. The van der Waals surface area contributed by atoms with E-state index >= 15 is 0 Å². The summed E-state index contributed by atoms with van der Waals surface area (Å²) in [5, 5.41) is -2.62. The van der Waals surface area contributed by atoms with Gasteiger partial charge < -0.3 is 13.7 Å². The molecule has 0 aliphatic carbocycles. The van der Waals surface area contributed by atoms with Crippen LogP contribution in [-0.4, -0.2) is 47.7 Å². The van der Waals surface area contributed by atoms with Gasteiger partial charge in [0.2, 0.25) is 0 Å². The zero-order valence-corrected chi connectivity index (χ0v) is 10.8. The van der Waals surface area contributed by atoms with Crippen LogP contribution < -0.4 is 0 Å². The number of halogens is 4. The van der Waals surface area contributed by atoms with Gasteiger partial charge in [0.1, 0.15) is 5.25 Å². The first-order chi connectivity index (χ1) is 7.53. The molecule has 0 rings (SSSR count). The van der Waals surface area contributed by atoms with Gasteiger partial charge in [-0.1, -0.05) is 0 Å². The standard InChI is InChI=1S/C4H6ClF3O6S3/c5-1-2(15(9)10)3(16(11)12,17(13)14)4(6,7)8/h2H,1H2,(H,9,10)(H,11,12)(H,13,14). The van der Waals surface area contributed by atoms with Gasteiger partial charge in [0, 0.05) is 5.88 Å². The Bertz CT molecular complexity index is 345. The van der Waals surface area contributed by atoms with Crippen LogP contribution in [-0.2, 0) is 33.2 Å². The predicted octanol–water partition coefficient (Wildman–Crippen LogP) is 0.518. The minimum Gasteiger partial charge on any atom is -0.306 e. The van der Waals surface area contributed by atoms with Crippen molar-refractivity contribution in [3.8, 4) is 0 Å². The molecule has 13 heteroatoms. The minimum atomic E-state index is -5.68. The third-order valence-electron chi connectivity index (χ3n) is 1.72. The lowest BCUT2D eigenvalue weighted by Gasteiger charge is -2.32. The molecule has 4 atom stereocenters. The molecule has 0 saturated heterocycles. The number of alkyl halides is 4. The normalized spacial score (nSPS) is 23.5. The summed E-state index contributed by atoms with van der Waals surface area (Å²) in [7, 11) is 0. The Morgan fingerprint density at radius 1 is 1.06 bits per heavy atom. The molecule has 0 amide bonds. The lowest BCUT2D eigenvalue weighted by molar-refractivity contribution is -0.140. The summed E-state index contributed by atoms with van der Waals surface area (Å²) in [5.74, 6) is -1.21. The van der Waals surface area contributed by atoms with Crippen LogP contribution >= 0.6 is 11.6 Å². The highest BCUT2D eigenvalue weighted by atomic mass is 35.5. The Hall–Kier alpha value is 0.410. The maximum Gasteiger partial charge on any atom is 0.423 e. The monoisotopic (exact) mass is 338 g/mol. The largest absolute Gasteiger partial charge is 0.423 e. The maximum atomic E-state index is 12.7. The highest BCUT2D eigenvalue weighted by molar-refractivity contribution is 8.00. The van der Waals surface area contributed by atoms with Gasteiger partial charge in [-0.2, -0.15) is 13.2 Å². The van der Waals surface area contributed by atoms with Crippen molar-refractivity contribution < 1.29 is 39.5 Å². The summed E-state index contributed by atoms with van der Waals surface area (Å²) in [4.78, 5) is 0. The second-order valence-corrected chi connectivity index (χ2v) is 6.56. The first-order valence-electron chi connectivity index (χ1n) is 3.47. The smallest absolute Gasteiger partial charge is 0.306 e. The molecule has 0 fully saturated rings. The predicted molar refractivity (Wildman–Crippen MR) is 55.6 cm³/mol. The highest BCUT2D eigenvalue weighted by Crippen LogP contribution is 2.42. The molecule has 0 aliphatic rings. The first-order valence-corrected chi connectivity index (χ1v) is 7.39. The second-order valence-electron chi connectivity index (χ2n) is 2.58. The van der Waals surface area contributed by atoms with Crippen LogP contribution in [0.15, 0.2) is 0 Å². The van der Waals surface area contributed by atoms with Crippen LogP contribution in [0.5, 0.6) is 0 Å². The van der Waals surface area contributed by atoms with Gasteiger partial charge in [0.05, 0.1) is 0 Å². The summed E-state index contributed by atoms with van der Waals surface area (Å²) in [6.45, 7) is 0. The molecule has 0 bridgehead atoms. The quantitative estimate of drug-likeness (QED) is 0.497. The number of hydrogen-bond acceptors (Lipinski definition) is 3. The minimum absolute atomic E-state index is 1.21. The number of hydrogen-bond donors (Lipinski definition) is 3. The fraction of sp³-hybridized carbons (Fsp3) is 1.00. The SMILES string of the molecule is O=S(O)C(CCl)C(S(=O)O)(S(=O)O)C(F)(F)F. The summed E-state index contributed by atoms with van der Waals surface area (Å²) < 4.78 is 91.8. The van der Waals surface area contributed by atoms with Gasteiger partial charge in [-0.05, 0) is 0 Å². The Morgan fingerprint density at radius 3 is 1.47 bits per heavy atom. The van der Waals surface area contributed by atoms with E-state index in [1.807, 2.05) is 0 Å². The maximum absolute atomic E-state index is 12.7. The fourth-order valence-corrected chi connectivity index (χ4v) is 4.69. The first kappa shape index (κ1) is 17.4. The average molecular weight is 339 g/mol.